The Morgan fingerprint density at radius 2 is 1.97 bits per heavy atom. The number of esters is 1. The molecular weight excluding hydrogens is 390 g/mol. The van der Waals surface area contributed by atoms with Gasteiger partial charge in [0.05, 0.1) is 6.54 Å². The standard InChI is InChI=1S/C21H25N3O6/c1-14(25)29-13-20(27)23-10-8-16(9-11-23)15-2-4-17(5-3-15)24-12-18(30-21(24)28)6-7-19(22)26/h2-5,8,18H,6-7,9-13H2,1H3,(H2,22,26). The molecular formula is C21H25N3O6. The molecule has 1 aromatic rings. The Bertz CT molecular complexity index is 864. The highest BCUT2D eigenvalue weighted by atomic mass is 16.6. The molecule has 160 valence electrons. The van der Waals surface area contributed by atoms with Crippen LogP contribution in [-0.4, -0.2) is 61.1 Å². The SMILES string of the molecule is CC(=O)OCC(=O)N1CC=C(c2ccc(N3CC(CCC(N)=O)OC3=O)cc2)CC1. The highest BCUT2D eigenvalue weighted by molar-refractivity contribution is 5.90. The summed E-state index contributed by atoms with van der Waals surface area (Å²) in [5.41, 5.74) is 8.00. The second-order valence-electron chi connectivity index (χ2n) is 7.27. The van der Waals surface area contributed by atoms with Crippen molar-refractivity contribution in [1.82, 2.24) is 4.90 Å². The van der Waals surface area contributed by atoms with E-state index < -0.39 is 18.0 Å². The predicted molar refractivity (Wildman–Crippen MR) is 108 cm³/mol. The lowest BCUT2D eigenvalue weighted by molar-refractivity contribution is -0.150. The van der Waals surface area contributed by atoms with Gasteiger partial charge in [-0.3, -0.25) is 19.3 Å². The van der Waals surface area contributed by atoms with Gasteiger partial charge in [0.1, 0.15) is 6.10 Å². The maximum Gasteiger partial charge on any atom is 0.414 e. The predicted octanol–water partition coefficient (Wildman–Crippen LogP) is 1.46. The number of ether oxygens (including phenoxy) is 2. The molecule has 2 heterocycles. The Morgan fingerprint density at radius 3 is 2.57 bits per heavy atom. The molecule has 1 unspecified atom stereocenters. The van der Waals surface area contributed by atoms with Gasteiger partial charge in [0.15, 0.2) is 6.61 Å². The lowest BCUT2D eigenvalue weighted by Gasteiger charge is -2.26. The number of benzene rings is 1. The Labute approximate surface area is 174 Å². The molecule has 0 saturated carbocycles. The van der Waals surface area contributed by atoms with E-state index in [9.17, 15) is 19.2 Å². The first-order valence-electron chi connectivity index (χ1n) is 9.80. The molecule has 3 amide bonds. The van der Waals surface area contributed by atoms with E-state index in [0.29, 0.717) is 32.5 Å². The minimum Gasteiger partial charge on any atom is -0.456 e. The second kappa shape index (κ2) is 9.43. The molecule has 1 atom stereocenters. The molecule has 0 bridgehead atoms. The van der Waals surface area contributed by atoms with Gasteiger partial charge < -0.3 is 20.1 Å². The van der Waals surface area contributed by atoms with Crippen LogP contribution in [0.3, 0.4) is 0 Å². The van der Waals surface area contributed by atoms with Crippen LogP contribution in [0.5, 0.6) is 0 Å². The number of hydrogen-bond donors (Lipinski definition) is 1. The third-order valence-corrected chi connectivity index (χ3v) is 5.10. The fourth-order valence-electron chi connectivity index (χ4n) is 3.45. The van der Waals surface area contributed by atoms with Crippen LogP contribution >= 0.6 is 0 Å². The van der Waals surface area contributed by atoms with Crippen molar-refractivity contribution in [3.63, 3.8) is 0 Å². The largest absolute Gasteiger partial charge is 0.456 e. The van der Waals surface area contributed by atoms with Crippen molar-refractivity contribution < 1.29 is 28.7 Å². The van der Waals surface area contributed by atoms with Crippen molar-refractivity contribution in [2.45, 2.75) is 32.3 Å². The normalized spacial score (nSPS) is 18.6. The number of nitrogens with zero attached hydrogens (tertiary/aromatic N) is 2. The van der Waals surface area contributed by atoms with Gasteiger partial charge in [-0.05, 0) is 36.1 Å². The minimum atomic E-state index is -0.474. The van der Waals surface area contributed by atoms with Gasteiger partial charge in [-0.25, -0.2) is 4.79 Å². The van der Waals surface area contributed by atoms with Gasteiger partial charge in [-0.15, -0.1) is 0 Å². The van der Waals surface area contributed by atoms with E-state index in [2.05, 4.69) is 0 Å². The first kappa shape index (κ1) is 21.4. The Hall–Kier alpha value is -3.36. The maximum atomic E-state index is 12.1. The molecule has 3 rings (SSSR count). The number of primary amides is 1. The number of carbonyl (C=O) groups excluding carboxylic acids is 4. The van der Waals surface area contributed by atoms with Gasteiger partial charge >= 0.3 is 12.1 Å². The van der Waals surface area contributed by atoms with E-state index in [1.807, 2.05) is 30.3 Å². The van der Waals surface area contributed by atoms with Crippen molar-refractivity contribution in [2.75, 3.05) is 31.1 Å². The molecule has 0 aromatic heterocycles. The Morgan fingerprint density at radius 1 is 1.23 bits per heavy atom. The first-order chi connectivity index (χ1) is 14.3. The number of cyclic esters (lactones) is 1. The maximum absolute atomic E-state index is 12.1. The molecule has 0 aliphatic carbocycles. The third kappa shape index (κ3) is 5.37. The third-order valence-electron chi connectivity index (χ3n) is 5.10. The second-order valence-corrected chi connectivity index (χ2v) is 7.27. The van der Waals surface area contributed by atoms with Gasteiger partial charge in [-0.1, -0.05) is 18.2 Å². The summed E-state index contributed by atoms with van der Waals surface area (Å²) in [6.07, 6.45) is 2.48. The lowest BCUT2D eigenvalue weighted by atomic mass is 9.99. The van der Waals surface area contributed by atoms with Crippen LogP contribution in [-0.2, 0) is 23.9 Å². The van der Waals surface area contributed by atoms with E-state index in [0.717, 1.165) is 16.8 Å². The number of nitrogens with two attached hydrogens (primary N) is 1. The van der Waals surface area contributed by atoms with Crippen LogP contribution in [0.4, 0.5) is 10.5 Å². The minimum absolute atomic E-state index is 0.180. The monoisotopic (exact) mass is 415 g/mol. The molecule has 2 aliphatic rings. The van der Waals surface area contributed by atoms with E-state index in [1.165, 1.54) is 6.92 Å². The summed E-state index contributed by atoms with van der Waals surface area (Å²) in [6.45, 7) is 2.42. The van der Waals surface area contributed by atoms with Crippen molar-refractivity contribution in [2.24, 2.45) is 5.73 Å². The van der Waals surface area contributed by atoms with Crippen LogP contribution in [0.25, 0.3) is 5.57 Å². The number of anilines is 1. The zero-order valence-corrected chi connectivity index (χ0v) is 16.8. The van der Waals surface area contributed by atoms with Crippen molar-refractivity contribution in [1.29, 1.82) is 0 Å². The molecule has 2 aliphatic heterocycles. The van der Waals surface area contributed by atoms with E-state index in [4.69, 9.17) is 15.2 Å². The summed E-state index contributed by atoms with van der Waals surface area (Å²) in [6, 6.07) is 7.57. The molecule has 9 heteroatoms. The lowest BCUT2D eigenvalue weighted by Crippen LogP contribution is -2.37. The molecule has 0 spiro atoms. The quantitative estimate of drug-likeness (QED) is 0.674. The van der Waals surface area contributed by atoms with Crippen LogP contribution < -0.4 is 10.6 Å². The summed E-state index contributed by atoms with van der Waals surface area (Å²) < 4.78 is 10.1. The Kier molecular flexibility index (Phi) is 6.71. The molecule has 30 heavy (non-hydrogen) atoms. The summed E-state index contributed by atoms with van der Waals surface area (Å²) >= 11 is 0. The number of amides is 3. The number of rotatable bonds is 7. The average molecular weight is 415 g/mol. The molecule has 1 saturated heterocycles. The topological polar surface area (TPSA) is 119 Å². The van der Waals surface area contributed by atoms with Crippen LogP contribution in [0.1, 0.15) is 31.7 Å². The zero-order chi connectivity index (χ0) is 21.7. The number of hydrogen-bond acceptors (Lipinski definition) is 6. The summed E-state index contributed by atoms with van der Waals surface area (Å²) in [4.78, 5) is 49.1. The molecule has 2 N–H and O–H groups in total. The van der Waals surface area contributed by atoms with Gasteiger partial charge in [0.2, 0.25) is 5.91 Å². The van der Waals surface area contributed by atoms with Crippen molar-refractivity contribution >= 4 is 35.1 Å². The average Bonchev–Trinajstić information content (AvgIpc) is 3.11. The van der Waals surface area contributed by atoms with E-state index in [1.54, 1.807) is 9.80 Å². The van der Waals surface area contributed by atoms with Gasteiger partial charge in [-0.2, -0.15) is 0 Å². The molecule has 0 radical (unpaired) electrons. The fourth-order valence-corrected chi connectivity index (χ4v) is 3.45. The summed E-state index contributed by atoms with van der Waals surface area (Å²) in [7, 11) is 0. The summed E-state index contributed by atoms with van der Waals surface area (Å²) in [5.74, 6) is -1.10. The molecule has 9 nitrogen and oxygen atoms in total. The molecule has 1 fully saturated rings. The van der Waals surface area contributed by atoms with Crippen LogP contribution in [0.15, 0.2) is 30.3 Å². The van der Waals surface area contributed by atoms with E-state index >= 15 is 0 Å². The zero-order valence-electron chi connectivity index (χ0n) is 16.8. The highest BCUT2D eigenvalue weighted by Gasteiger charge is 2.32. The first-order valence-corrected chi connectivity index (χ1v) is 9.80. The number of carbonyl (C=O) groups is 4. The van der Waals surface area contributed by atoms with E-state index in [-0.39, 0.29) is 25.0 Å². The van der Waals surface area contributed by atoms with Crippen LogP contribution in [0, 0.1) is 0 Å². The Balaban J connectivity index is 1.57. The smallest absolute Gasteiger partial charge is 0.414 e. The van der Waals surface area contributed by atoms with Crippen LogP contribution in [0.2, 0.25) is 0 Å². The van der Waals surface area contributed by atoms with Gasteiger partial charge in [0.25, 0.3) is 5.91 Å². The van der Waals surface area contributed by atoms with Crippen molar-refractivity contribution in [3.05, 3.63) is 35.9 Å². The fraction of sp³-hybridized carbons (Fsp3) is 0.429. The van der Waals surface area contributed by atoms with Gasteiger partial charge in [0, 0.05) is 32.1 Å². The summed E-state index contributed by atoms with van der Waals surface area (Å²) in [5, 5.41) is 0. The molecule has 1 aromatic carbocycles. The van der Waals surface area contributed by atoms with Crippen molar-refractivity contribution in [3.8, 4) is 0 Å². The highest BCUT2D eigenvalue weighted by Crippen LogP contribution is 2.27.